The molecule has 1 rings (SSSR count). The number of primary amides is 1. The molecule has 0 bridgehead atoms. The quantitative estimate of drug-likeness (QED) is 0.852. The number of nitrogens with two attached hydrogens (primary N) is 1. The Morgan fingerprint density at radius 1 is 1.15 bits per heavy atom. The largest absolute Gasteiger partial charge is 0.366 e. The van der Waals surface area contributed by atoms with E-state index in [4.69, 9.17) is 5.73 Å². The molecule has 5 nitrogen and oxygen atoms in total. The lowest BCUT2D eigenvalue weighted by molar-refractivity contribution is -0.127. The molecule has 1 aromatic rings. The maximum Gasteiger partial charge on any atom is 0.263 e. The topological polar surface area (TPSA) is 80.5 Å². The number of alkyl halides is 1. The maximum atomic E-state index is 13.7. The molecule has 0 saturated heterocycles. The number of halogens is 1. The summed E-state index contributed by atoms with van der Waals surface area (Å²) in [6.45, 7) is 3.59. The van der Waals surface area contributed by atoms with E-state index in [2.05, 4.69) is 0 Å². The second kappa shape index (κ2) is 5.40. The molecule has 1 aromatic carbocycles. The Kier molecular flexibility index (Phi) is 4.27. The van der Waals surface area contributed by atoms with Crippen LogP contribution >= 0.6 is 0 Å². The molecule has 6 heteroatoms. The van der Waals surface area contributed by atoms with Crippen molar-refractivity contribution >= 4 is 23.3 Å². The molecule has 108 valence electrons. The van der Waals surface area contributed by atoms with E-state index in [0.29, 0.717) is 0 Å². The molecule has 0 radical (unpaired) electrons. The van der Waals surface area contributed by atoms with E-state index in [1.165, 1.54) is 32.2 Å². The van der Waals surface area contributed by atoms with Crippen molar-refractivity contribution in [2.75, 3.05) is 11.9 Å². The molecule has 20 heavy (non-hydrogen) atoms. The fourth-order valence-electron chi connectivity index (χ4n) is 1.67. The molecule has 2 amide bonds. The van der Waals surface area contributed by atoms with Gasteiger partial charge in [-0.05, 0) is 39.0 Å². The third-order valence-corrected chi connectivity index (χ3v) is 2.81. The summed E-state index contributed by atoms with van der Waals surface area (Å²) < 4.78 is 13.7. The molecule has 0 aliphatic heterocycles. The SMILES string of the molecule is CC(=O)c1cc(C(N)=O)cc(N(C)C(=O)C(C)(C)F)c1. The summed E-state index contributed by atoms with van der Waals surface area (Å²) in [5.41, 5.74) is 3.68. The second-order valence-electron chi connectivity index (χ2n) is 5.03. The van der Waals surface area contributed by atoms with Crippen LogP contribution in [0.3, 0.4) is 0 Å². The monoisotopic (exact) mass is 280 g/mol. The summed E-state index contributed by atoms with van der Waals surface area (Å²) in [5.74, 6) is -1.79. The highest BCUT2D eigenvalue weighted by Crippen LogP contribution is 2.22. The summed E-state index contributed by atoms with van der Waals surface area (Å²) in [6, 6.07) is 4.10. The first kappa shape index (κ1) is 15.8. The number of anilines is 1. The molecular weight excluding hydrogens is 263 g/mol. The van der Waals surface area contributed by atoms with Crippen LogP contribution in [0.4, 0.5) is 10.1 Å². The molecular formula is C14H17FN2O3. The predicted octanol–water partition coefficient (Wildman–Crippen LogP) is 1.70. The van der Waals surface area contributed by atoms with Crippen LogP contribution in [0.1, 0.15) is 41.5 Å². The summed E-state index contributed by atoms with van der Waals surface area (Å²) in [4.78, 5) is 35.6. The Labute approximate surface area is 116 Å². The van der Waals surface area contributed by atoms with Gasteiger partial charge in [-0.3, -0.25) is 14.4 Å². The number of Topliss-reactive ketones (excluding diaryl/α,β-unsaturated/α-hetero) is 1. The van der Waals surface area contributed by atoms with Crippen molar-refractivity contribution in [2.45, 2.75) is 26.4 Å². The number of amides is 2. The van der Waals surface area contributed by atoms with Crippen LogP contribution in [0.5, 0.6) is 0 Å². The van der Waals surface area contributed by atoms with Crippen LogP contribution < -0.4 is 10.6 Å². The van der Waals surface area contributed by atoms with Crippen LogP contribution in [0.25, 0.3) is 0 Å². The zero-order valence-corrected chi connectivity index (χ0v) is 11.9. The molecule has 0 atom stereocenters. The van der Waals surface area contributed by atoms with E-state index in [0.717, 1.165) is 18.7 Å². The molecule has 0 heterocycles. The molecule has 0 spiro atoms. The smallest absolute Gasteiger partial charge is 0.263 e. The summed E-state index contributed by atoms with van der Waals surface area (Å²) in [7, 11) is 1.37. The van der Waals surface area contributed by atoms with Crippen molar-refractivity contribution in [3.63, 3.8) is 0 Å². The zero-order valence-electron chi connectivity index (χ0n) is 11.9. The second-order valence-corrected chi connectivity index (χ2v) is 5.03. The van der Waals surface area contributed by atoms with Gasteiger partial charge >= 0.3 is 0 Å². The number of benzene rings is 1. The number of hydrogen-bond donors (Lipinski definition) is 1. The third kappa shape index (κ3) is 3.40. The van der Waals surface area contributed by atoms with Crippen molar-refractivity contribution < 1.29 is 18.8 Å². The van der Waals surface area contributed by atoms with E-state index in [1.807, 2.05) is 0 Å². The minimum atomic E-state index is -2.06. The first-order valence-electron chi connectivity index (χ1n) is 5.97. The van der Waals surface area contributed by atoms with Crippen molar-refractivity contribution in [2.24, 2.45) is 5.73 Å². The molecule has 0 fully saturated rings. The molecule has 0 saturated carbocycles. The Hall–Kier alpha value is -2.24. The van der Waals surface area contributed by atoms with Crippen molar-refractivity contribution in [3.05, 3.63) is 29.3 Å². The minimum absolute atomic E-state index is 0.0871. The minimum Gasteiger partial charge on any atom is -0.366 e. The van der Waals surface area contributed by atoms with E-state index < -0.39 is 17.5 Å². The normalized spacial score (nSPS) is 11.1. The van der Waals surface area contributed by atoms with Gasteiger partial charge in [0.2, 0.25) is 5.91 Å². The third-order valence-electron chi connectivity index (χ3n) is 2.81. The Morgan fingerprint density at radius 3 is 2.05 bits per heavy atom. The van der Waals surface area contributed by atoms with E-state index in [9.17, 15) is 18.8 Å². The van der Waals surface area contributed by atoms with Gasteiger partial charge in [-0.15, -0.1) is 0 Å². The number of nitrogens with zero attached hydrogens (tertiary/aromatic N) is 1. The molecule has 0 aliphatic carbocycles. The first-order chi connectivity index (χ1) is 9.04. The van der Waals surface area contributed by atoms with Crippen molar-refractivity contribution in [3.8, 4) is 0 Å². The van der Waals surface area contributed by atoms with Gasteiger partial charge in [-0.1, -0.05) is 0 Å². The van der Waals surface area contributed by atoms with Gasteiger partial charge in [0.05, 0.1) is 0 Å². The van der Waals surface area contributed by atoms with Crippen LogP contribution in [0, 0.1) is 0 Å². The highest BCUT2D eigenvalue weighted by atomic mass is 19.1. The Bertz CT molecular complexity index is 544. The lowest BCUT2D eigenvalue weighted by Crippen LogP contribution is -2.40. The van der Waals surface area contributed by atoms with Crippen LogP contribution in [-0.4, -0.2) is 30.3 Å². The Balaban J connectivity index is 3.34. The van der Waals surface area contributed by atoms with E-state index >= 15 is 0 Å². The lowest BCUT2D eigenvalue weighted by atomic mass is 10.0. The standard InChI is InChI=1S/C14H17FN2O3/c1-8(18)9-5-10(12(16)19)7-11(6-9)17(4)13(20)14(2,3)15/h5-7H,1-4H3,(H2,16,19). The van der Waals surface area contributed by atoms with Crippen LogP contribution in [0.2, 0.25) is 0 Å². The summed E-state index contributed by atoms with van der Waals surface area (Å²) in [5, 5.41) is 0. The van der Waals surface area contributed by atoms with Gasteiger partial charge in [0.1, 0.15) is 0 Å². The predicted molar refractivity (Wildman–Crippen MR) is 73.6 cm³/mol. The average Bonchev–Trinajstić information content (AvgIpc) is 2.35. The molecule has 0 aromatic heterocycles. The number of carbonyl (C=O) groups excluding carboxylic acids is 3. The molecule has 0 aliphatic rings. The van der Waals surface area contributed by atoms with E-state index in [1.54, 1.807) is 0 Å². The fourth-order valence-corrected chi connectivity index (χ4v) is 1.67. The van der Waals surface area contributed by atoms with E-state index in [-0.39, 0.29) is 22.6 Å². The molecule has 2 N–H and O–H groups in total. The van der Waals surface area contributed by atoms with Crippen LogP contribution in [-0.2, 0) is 4.79 Å². The number of ketones is 1. The van der Waals surface area contributed by atoms with Crippen LogP contribution in [0.15, 0.2) is 18.2 Å². The lowest BCUT2D eigenvalue weighted by Gasteiger charge is -2.24. The summed E-state index contributed by atoms with van der Waals surface area (Å²) >= 11 is 0. The van der Waals surface area contributed by atoms with Gasteiger partial charge in [-0.2, -0.15) is 0 Å². The van der Waals surface area contributed by atoms with Gasteiger partial charge in [-0.25, -0.2) is 4.39 Å². The van der Waals surface area contributed by atoms with Crippen molar-refractivity contribution in [1.82, 2.24) is 0 Å². The highest BCUT2D eigenvalue weighted by Gasteiger charge is 2.31. The van der Waals surface area contributed by atoms with Gasteiger partial charge in [0.15, 0.2) is 11.5 Å². The van der Waals surface area contributed by atoms with Crippen molar-refractivity contribution in [1.29, 1.82) is 0 Å². The number of carbonyl (C=O) groups is 3. The number of hydrogen-bond acceptors (Lipinski definition) is 3. The summed E-state index contributed by atoms with van der Waals surface area (Å²) in [6.07, 6.45) is 0. The number of rotatable bonds is 4. The van der Waals surface area contributed by atoms with Gasteiger partial charge in [0.25, 0.3) is 5.91 Å². The maximum absolute atomic E-state index is 13.7. The first-order valence-corrected chi connectivity index (χ1v) is 5.97. The highest BCUT2D eigenvalue weighted by molar-refractivity contribution is 6.04. The fraction of sp³-hybridized carbons (Fsp3) is 0.357. The van der Waals surface area contributed by atoms with Gasteiger partial charge < -0.3 is 10.6 Å². The molecule has 0 unspecified atom stereocenters. The zero-order chi connectivity index (χ0) is 15.7. The Morgan fingerprint density at radius 2 is 1.65 bits per heavy atom. The van der Waals surface area contributed by atoms with Gasteiger partial charge in [0, 0.05) is 23.9 Å². The average molecular weight is 280 g/mol.